The summed E-state index contributed by atoms with van der Waals surface area (Å²) in [5, 5.41) is 7.11. The maximum absolute atomic E-state index is 14.3. The second-order valence-electron chi connectivity index (χ2n) is 8.38. The molecule has 1 saturated heterocycles. The van der Waals surface area contributed by atoms with Gasteiger partial charge in [0.05, 0.1) is 7.11 Å². The van der Waals surface area contributed by atoms with Gasteiger partial charge in [0.2, 0.25) is 0 Å². The minimum atomic E-state index is -0.364. The summed E-state index contributed by atoms with van der Waals surface area (Å²) in [5.74, 6) is 1.40. The van der Waals surface area contributed by atoms with Crippen molar-refractivity contribution in [1.29, 1.82) is 0 Å². The molecule has 6 rings (SSSR count). The number of ether oxygens (including phenoxy) is 1. The molecule has 2 fully saturated rings. The van der Waals surface area contributed by atoms with Crippen LogP contribution in [0.2, 0.25) is 0 Å². The van der Waals surface area contributed by atoms with Crippen LogP contribution in [0, 0.1) is 5.82 Å². The number of hydrogen-bond donors (Lipinski definition) is 2. The molecule has 2 heterocycles. The Labute approximate surface area is 188 Å². The Kier molecular flexibility index (Phi) is 4.36. The first kappa shape index (κ1) is 19.5. The van der Waals surface area contributed by atoms with Gasteiger partial charge in [-0.1, -0.05) is 17.3 Å². The molecule has 1 aromatic heterocycles. The molecule has 2 N–H and O–H groups in total. The molecule has 2 amide bonds. The Balaban J connectivity index is 1.36. The molecule has 32 heavy (non-hydrogen) atoms. The van der Waals surface area contributed by atoms with Crippen LogP contribution in [-0.2, 0) is 11.8 Å². The average molecular weight is 453 g/mol. The van der Waals surface area contributed by atoms with Gasteiger partial charge in [0.15, 0.2) is 11.6 Å². The van der Waals surface area contributed by atoms with Gasteiger partial charge in [0, 0.05) is 35.3 Å². The first-order valence-corrected chi connectivity index (χ1v) is 11.4. The summed E-state index contributed by atoms with van der Waals surface area (Å²) in [5.41, 5.74) is 4.14. The van der Waals surface area contributed by atoms with Gasteiger partial charge >= 0.3 is 6.03 Å². The number of aromatic nitrogens is 1. The lowest BCUT2D eigenvalue weighted by Crippen LogP contribution is -2.28. The van der Waals surface area contributed by atoms with E-state index in [4.69, 9.17) is 9.26 Å². The zero-order valence-corrected chi connectivity index (χ0v) is 18.2. The zero-order valence-electron chi connectivity index (χ0n) is 17.4. The lowest BCUT2D eigenvalue weighted by molar-refractivity contribution is 0.252. The first-order valence-electron chi connectivity index (χ1n) is 10.5. The molecular weight excluding hydrogens is 431 g/mol. The molecular formula is C23H21FN4O3S. The van der Waals surface area contributed by atoms with Crippen molar-refractivity contribution in [1.82, 2.24) is 10.5 Å². The summed E-state index contributed by atoms with van der Waals surface area (Å²) in [6, 6.07) is 10.8. The van der Waals surface area contributed by atoms with Gasteiger partial charge in [-0.25, -0.2) is 9.18 Å². The number of nitrogens with zero attached hydrogens (tertiary/aromatic N) is 2. The van der Waals surface area contributed by atoms with E-state index in [-0.39, 0.29) is 17.3 Å². The number of hydrogen-bond acceptors (Lipinski definition) is 6. The van der Waals surface area contributed by atoms with E-state index in [1.54, 1.807) is 17.0 Å². The highest BCUT2D eigenvalue weighted by Gasteiger charge is 2.50. The fourth-order valence-corrected chi connectivity index (χ4v) is 5.49. The van der Waals surface area contributed by atoms with Crippen LogP contribution in [0.1, 0.15) is 24.0 Å². The number of halogens is 1. The maximum Gasteiger partial charge on any atom is 0.321 e. The predicted octanol–water partition coefficient (Wildman–Crippen LogP) is 4.73. The van der Waals surface area contributed by atoms with Crippen molar-refractivity contribution in [2.24, 2.45) is 0 Å². The van der Waals surface area contributed by atoms with Crippen LogP contribution in [-0.4, -0.2) is 31.4 Å². The Hall–Kier alpha value is -3.20. The van der Waals surface area contributed by atoms with E-state index in [9.17, 15) is 9.18 Å². The van der Waals surface area contributed by atoms with E-state index < -0.39 is 0 Å². The summed E-state index contributed by atoms with van der Waals surface area (Å²) in [6.07, 6.45) is 3.02. The number of benzene rings is 2. The summed E-state index contributed by atoms with van der Waals surface area (Å²) in [7, 11) is 1.52. The molecule has 0 unspecified atom stereocenters. The lowest BCUT2D eigenvalue weighted by atomic mass is 9.79. The zero-order chi connectivity index (χ0) is 21.9. The number of carbonyl (C=O) groups excluding carboxylic acids is 1. The third-order valence-electron chi connectivity index (χ3n) is 6.55. The fraction of sp³-hybridized carbons (Fsp3) is 0.304. The minimum absolute atomic E-state index is 0.0798. The van der Waals surface area contributed by atoms with E-state index in [0.717, 1.165) is 48.0 Å². The Morgan fingerprint density at radius 1 is 1.31 bits per heavy atom. The van der Waals surface area contributed by atoms with Crippen molar-refractivity contribution in [2.45, 2.75) is 29.6 Å². The molecule has 1 saturated carbocycles. The highest BCUT2D eigenvalue weighted by molar-refractivity contribution is 8.00. The Morgan fingerprint density at radius 3 is 2.94 bits per heavy atom. The summed E-state index contributed by atoms with van der Waals surface area (Å²) < 4.78 is 28.6. The fourth-order valence-electron chi connectivity index (χ4n) is 4.71. The summed E-state index contributed by atoms with van der Waals surface area (Å²) >= 11 is 1.12. The molecule has 9 heteroatoms. The van der Waals surface area contributed by atoms with E-state index >= 15 is 0 Å². The number of methoxy groups -OCH3 is 1. The molecule has 0 bridgehead atoms. The topological polar surface area (TPSA) is 79.6 Å². The number of urea groups is 1. The minimum Gasteiger partial charge on any atom is -0.495 e. The summed E-state index contributed by atoms with van der Waals surface area (Å²) in [6.45, 7) is 1.28. The molecule has 164 valence electrons. The highest BCUT2D eigenvalue weighted by Crippen LogP contribution is 2.59. The molecule has 2 aromatic carbocycles. The number of carbonyl (C=O) groups is 1. The van der Waals surface area contributed by atoms with Gasteiger partial charge in [-0.15, -0.1) is 0 Å². The van der Waals surface area contributed by atoms with E-state index in [2.05, 4.69) is 21.3 Å². The molecule has 0 atom stereocenters. The molecule has 0 radical (unpaired) electrons. The van der Waals surface area contributed by atoms with Gasteiger partial charge in [-0.05, 0) is 61.0 Å². The van der Waals surface area contributed by atoms with Crippen molar-refractivity contribution in [3.63, 3.8) is 0 Å². The second kappa shape index (κ2) is 7.16. The van der Waals surface area contributed by atoms with Gasteiger partial charge in [-0.2, -0.15) is 0 Å². The standard InChI is InChI=1S/C23H21FN4O3S/c1-30-18-4-2-3-17(24)20(18)32-27-21-15-12-23(7-8-23)16-6-5-13(28-10-9-25-22(28)29)11-14(16)19(15)31-26-21/h2-6,11H,7-10,12H2,1H3,(H,25,29)(H,26,27). The molecule has 7 nitrogen and oxygen atoms in total. The average Bonchev–Trinajstić information content (AvgIpc) is 3.24. The van der Waals surface area contributed by atoms with Gasteiger partial charge < -0.3 is 19.3 Å². The number of nitrogens with one attached hydrogen (secondary N) is 2. The SMILES string of the molecule is COc1cccc(F)c1SNc1noc2c1CC1(CC1)c1ccc(N3CCNC3=O)cc1-2. The first-order chi connectivity index (χ1) is 15.6. The van der Waals surface area contributed by atoms with Gasteiger partial charge in [-0.3, -0.25) is 4.90 Å². The largest absolute Gasteiger partial charge is 0.495 e. The third-order valence-corrected chi connectivity index (χ3v) is 7.44. The third kappa shape index (κ3) is 2.95. The number of fused-ring (bicyclic) bond motifs is 4. The van der Waals surface area contributed by atoms with Gasteiger partial charge in [0.25, 0.3) is 0 Å². The van der Waals surface area contributed by atoms with Crippen molar-refractivity contribution in [3.8, 4) is 17.1 Å². The lowest BCUT2D eigenvalue weighted by Gasteiger charge is -2.26. The number of amides is 2. The molecule has 1 spiro atoms. The Bertz CT molecular complexity index is 1240. The molecule has 1 aliphatic heterocycles. The molecule has 2 aliphatic carbocycles. The Morgan fingerprint density at radius 2 is 2.19 bits per heavy atom. The second-order valence-corrected chi connectivity index (χ2v) is 9.20. The molecule has 3 aliphatic rings. The van der Waals surface area contributed by atoms with Crippen LogP contribution in [0.3, 0.4) is 0 Å². The number of anilines is 2. The van der Waals surface area contributed by atoms with Crippen LogP contribution in [0.5, 0.6) is 5.75 Å². The van der Waals surface area contributed by atoms with Crippen molar-refractivity contribution in [3.05, 3.63) is 53.3 Å². The van der Waals surface area contributed by atoms with Crippen molar-refractivity contribution in [2.75, 3.05) is 29.8 Å². The quantitative estimate of drug-likeness (QED) is 0.545. The number of rotatable bonds is 5. The smallest absolute Gasteiger partial charge is 0.321 e. The van der Waals surface area contributed by atoms with Crippen LogP contribution in [0.4, 0.5) is 20.7 Å². The van der Waals surface area contributed by atoms with E-state index in [1.807, 2.05) is 12.1 Å². The normalized spacial score (nSPS) is 17.7. The van der Waals surface area contributed by atoms with E-state index in [0.29, 0.717) is 35.3 Å². The van der Waals surface area contributed by atoms with Gasteiger partial charge in [0.1, 0.15) is 16.5 Å². The molecule has 3 aromatic rings. The monoisotopic (exact) mass is 452 g/mol. The van der Waals surface area contributed by atoms with Crippen LogP contribution in [0.25, 0.3) is 11.3 Å². The van der Waals surface area contributed by atoms with E-state index in [1.165, 1.54) is 18.7 Å². The maximum atomic E-state index is 14.3. The van der Waals surface area contributed by atoms with Crippen LogP contribution < -0.4 is 19.7 Å². The van der Waals surface area contributed by atoms with Crippen molar-refractivity contribution < 1.29 is 18.4 Å². The predicted molar refractivity (Wildman–Crippen MR) is 120 cm³/mol. The highest BCUT2D eigenvalue weighted by atomic mass is 32.2. The van der Waals surface area contributed by atoms with Crippen molar-refractivity contribution >= 4 is 29.5 Å². The van der Waals surface area contributed by atoms with Crippen LogP contribution >= 0.6 is 11.9 Å². The van der Waals surface area contributed by atoms with Crippen LogP contribution in [0.15, 0.2) is 45.8 Å². The summed E-state index contributed by atoms with van der Waals surface area (Å²) in [4.78, 5) is 14.3.